The van der Waals surface area contributed by atoms with Crippen molar-refractivity contribution in [3.05, 3.63) is 11.9 Å². The summed E-state index contributed by atoms with van der Waals surface area (Å²) in [5.41, 5.74) is 2.51. The highest BCUT2D eigenvalue weighted by atomic mass is 16.3. The van der Waals surface area contributed by atoms with Crippen molar-refractivity contribution in [2.45, 2.75) is 75.1 Å². The van der Waals surface area contributed by atoms with Gasteiger partial charge in [-0.25, -0.2) is 5.43 Å². The number of aromatic nitrogens is 3. The van der Waals surface area contributed by atoms with E-state index in [1.54, 1.807) is 0 Å². The Kier molecular flexibility index (Phi) is 7.86. The van der Waals surface area contributed by atoms with E-state index >= 15 is 0 Å². The number of nitrogens with zero attached hydrogens (tertiary/aromatic N) is 4. The zero-order valence-corrected chi connectivity index (χ0v) is 16.6. The molecule has 2 aliphatic rings. The van der Waals surface area contributed by atoms with E-state index in [2.05, 4.69) is 26.2 Å². The van der Waals surface area contributed by atoms with E-state index in [0.717, 1.165) is 32.1 Å². The maximum Gasteiger partial charge on any atom is 0.271 e. The summed E-state index contributed by atoms with van der Waals surface area (Å²) in [6, 6.07) is -1.13. The second-order valence-corrected chi connectivity index (χ2v) is 7.98. The average Bonchev–Trinajstić information content (AvgIpc) is 3.32. The molecule has 1 amide bonds. The van der Waals surface area contributed by atoms with E-state index in [0.29, 0.717) is 5.69 Å². The lowest BCUT2D eigenvalue weighted by Gasteiger charge is -2.28. The summed E-state index contributed by atoms with van der Waals surface area (Å²) >= 11 is 0. The van der Waals surface area contributed by atoms with Crippen molar-refractivity contribution >= 4 is 12.1 Å². The molecule has 168 valence electrons. The summed E-state index contributed by atoms with van der Waals surface area (Å²) < 4.78 is 1.43. The summed E-state index contributed by atoms with van der Waals surface area (Å²) in [5, 5.41) is 63.7. The molecular formula is C18H30N6O6. The molecule has 0 bridgehead atoms. The summed E-state index contributed by atoms with van der Waals surface area (Å²) in [5.74, 6) is -0.883. The minimum Gasteiger partial charge on any atom is -0.395 e. The van der Waals surface area contributed by atoms with Crippen LogP contribution in [0.2, 0.25) is 0 Å². The van der Waals surface area contributed by atoms with E-state index < -0.39 is 42.4 Å². The van der Waals surface area contributed by atoms with Crippen molar-refractivity contribution in [1.82, 2.24) is 25.7 Å². The topological polar surface area (TPSA) is 185 Å². The van der Waals surface area contributed by atoms with Crippen molar-refractivity contribution in [3.63, 3.8) is 0 Å². The van der Waals surface area contributed by atoms with Gasteiger partial charge in [0.1, 0.15) is 5.69 Å². The van der Waals surface area contributed by atoms with Crippen molar-refractivity contribution in [2.75, 3.05) is 6.61 Å². The minimum absolute atomic E-state index is 0.0909. The van der Waals surface area contributed by atoms with Gasteiger partial charge < -0.3 is 30.8 Å². The van der Waals surface area contributed by atoms with E-state index in [-0.39, 0.29) is 19.1 Å². The number of hydrogen-bond acceptors (Lipinski definition) is 10. The zero-order chi connectivity index (χ0) is 21.7. The van der Waals surface area contributed by atoms with Crippen LogP contribution in [0.3, 0.4) is 0 Å². The molecule has 30 heavy (non-hydrogen) atoms. The van der Waals surface area contributed by atoms with Crippen LogP contribution in [0.5, 0.6) is 0 Å². The van der Waals surface area contributed by atoms with E-state index in [1.807, 2.05) is 0 Å². The Morgan fingerprint density at radius 1 is 1.27 bits per heavy atom. The maximum atomic E-state index is 12.0. The molecule has 12 heteroatoms. The zero-order valence-electron chi connectivity index (χ0n) is 16.6. The number of hydrazone groups is 1. The van der Waals surface area contributed by atoms with Crippen LogP contribution >= 0.6 is 0 Å². The number of carbonyl (C=O) groups is 1. The Morgan fingerprint density at radius 3 is 2.63 bits per heavy atom. The van der Waals surface area contributed by atoms with Gasteiger partial charge in [0.2, 0.25) is 0 Å². The van der Waals surface area contributed by atoms with Crippen molar-refractivity contribution in [1.29, 1.82) is 0 Å². The number of hydrogen-bond donors (Lipinski definition) is 7. The quantitative estimate of drug-likeness (QED) is 0.169. The van der Waals surface area contributed by atoms with Gasteiger partial charge in [-0.1, -0.05) is 24.5 Å². The SMILES string of the molecule is O=C(N/N=C/c1cn(C[C@H]2N[C@H](CO)[C@@H](O)[C@@H]2O)nn1)[C@@H](O)[C@H](O)C1CCCCC1. The molecule has 0 aromatic carbocycles. The van der Waals surface area contributed by atoms with Gasteiger partial charge in [-0.2, -0.15) is 5.10 Å². The lowest BCUT2D eigenvalue weighted by atomic mass is 9.83. The standard InChI is InChI=1S/C18H30N6O6/c25-9-13-16(28)15(27)12(20-13)8-24-7-11(21-23-24)6-19-22-18(30)17(29)14(26)10-4-2-1-3-5-10/h6-7,10,12-17,20,25-29H,1-5,8-9H2,(H,22,30)/b19-6+/t12-,13-,14-,15-,16-,17+/m1/s1. The molecule has 2 fully saturated rings. The molecule has 0 radical (unpaired) electrons. The molecule has 3 rings (SSSR count). The number of aliphatic hydroxyl groups is 5. The molecule has 12 nitrogen and oxygen atoms in total. The number of carbonyl (C=O) groups excluding carboxylic acids is 1. The number of nitrogens with one attached hydrogen (secondary N) is 2. The number of rotatable bonds is 8. The fraction of sp³-hybridized carbons (Fsp3) is 0.778. The van der Waals surface area contributed by atoms with Crippen LogP contribution in [0.15, 0.2) is 11.3 Å². The molecule has 1 saturated carbocycles. The Labute approximate surface area is 173 Å². The highest BCUT2D eigenvalue weighted by molar-refractivity contribution is 5.83. The van der Waals surface area contributed by atoms with Gasteiger partial charge in [-0.15, -0.1) is 5.10 Å². The first-order valence-corrected chi connectivity index (χ1v) is 10.2. The van der Waals surface area contributed by atoms with Crippen LogP contribution in [0, 0.1) is 5.92 Å². The number of amides is 1. The summed E-state index contributed by atoms with van der Waals surface area (Å²) in [6.07, 6.45) is 2.61. The smallest absolute Gasteiger partial charge is 0.271 e. The Morgan fingerprint density at radius 2 is 1.97 bits per heavy atom. The maximum absolute atomic E-state index is 12.0. The van der Waals surface area contributed by atoms with Crippen LogP contribution in [0.25, 0.3) is 0 Å². The Bertz CT molecular complexity index is 724. The molecule has 0 unspecified atom stereocenters. The lowest BCUT2D eigenvalue weighted by molar-refractivity contribution is -0.138. The molecule has 1 aromatic heterocycles. The highest BCUT2D eigenvalue weighted by Crippen LogP contribution is 2.27. The average molecular weight is 426 g/mol. The van der Waals surface area contributed by atoms with Gasteiger partial charge >= 0.3 is 0 Å². The predicted molar refractivity (Wildman–Crippen MR) is 104 cm³/mol. The number of aliphatic hydroxyl groups excluding tert-OH is 5. The van der Waals surface area contributed by atoms with Gasteiger partial charge in [0, 0.05) is 0 Å². The Hall–Kier alpha value is -1.96. The van der Waals surface area contributed by atoms with E-state index in [9.17, 15) is 30.3 Å². The van der Waals surface area contributed by atoms with Gasteiger partial charge in [0.15, 0.2) is 6.10 Å². The molecule has 1 aromatic rings. The molecule has 6 atom stereocenters. The van der Waals surface area contributed by atoms with Gasteiger partial charge in [-0.3, -0.25) is 9.48 Å². The molecule has 1 aliphatic heterocycles. The molecule has 2 heterocycles. The minimum atomic E-state index is -1.55. The second kappa shape index (κ2) is 10.4. The first-order chi connectivity index (χ1) is 14.4. The fourth-order valence-electron chi connectivity index (χ4n) is 4.05. The van der Waals surface area contributed by atoms with Crippen LogP contribution in [-0.2, 0) is 11.3 Å². The van der Waals surface area contributed by atoms with Crippen molar-refractivity contribution < 1.29 is 30.3 Å². The van der Waals surface area contributed by atoms with Gasteiger partial charge in [-0.05, 0) is 18.8 Å². The molecule has 7 N–H and O–H groups in total. The third-order valence-corrected chi connectivity index (χ3v) is 5.84. The molecule has 1 aliphatic carbocycles. The third-order valence-electron chi connectivity index (χ3n) is 5.84. The summed E-state index contributed by atoms with van der Waals surface area (Å²) in [6.45, 7) is -0.0980. The summed E-state index contributed by atoms with van der Waals surface area (Å²) in [7, 11) is 0. The van der Waals surface area contributed by atoms with E-state index in [1.165, 1.54) is 17.1 Å². The fourth-order valence-corrected chi connectivity index (χ4v) is 4.05. The van der Waals surface area contributed by atoms with Gasteiger partial charge in [0.25, 0.3) is 5.91 Å². The van der Waals surface area contributed by atoms with Crippen molar-refractivity contribution in [3.8, 4) is 0 Å². The molecule has 0 spiro atoms. The largest absolute Gasteiger partial charge is 0.395 e. The van der Waals surface area contributed by atoms with Gasteiger partial charge in [0.05, 0.1) is 56.0 Å². The second-order valence-electron chi connectivity index (χ2n) is 7.98. The van der Waals surface area contributed by atoms with Crippen LogP contribution in [-0.4, -0.2) is 95.8 Å². The predicted octanol–water partition coefficient (Wildman–Crippen LogP) is -2.92. The summed E-state index contributed by atoms with van der Waals surface area (Å²) in [4.78, 5) is 12.0. The first-order valence-electron chi connectivity index (χ1n) is 10.2. The van der Waals surface area contributed by atoms with Crippen LogP contribution in [0.1, 0.15) is 37.8 Å². The molecule has 1 saturated heterocycles. The third kappa shape index (κ3) is 5.39. The molecular weight excluding hydrogens is 396 g/mol. The van der Waals surface area contributed by atoms with Crippen LogP contribution in [0.4, 0.5) is 0 Å². The first kappa shape index (κ1) is 22.7. The Balaban J connectivity index is 1.47. The van der Waals surface area contributed by atoms with Crippen LogP contribution < -0.4 is 10.7 Å². The van der Waals surface area contributed by atoms with E-state index in [4.69, 9.17) is 0 Å². The monoisotopic (exact) mass is 426 g/mol. The van der Waals surface area contributed by atoms with Crippen molar-refractivity contribution in [2.24, 2.45) is 11.0 Å². The highest BCUT2D eigenvalue weighted by Gasteiger charge is 2.40. The lowest BCUT2D eigenvalue weighted by Crippen LogP contribution is -2.44. The normalized spacial score (nSPS) is 29.9.